The van der Waals surface area contributed by atoms with E-state index in [9.17, 15) is 0 Å². The monoisotopic (exact) mass is 285 g/mol. The van der Waals surface area contributed by atoms with Crippen molar-refractivity contribution in [3.8, 4) is 17.2 Å². The number of hydrogen-bond acceptors (Lipinski definition) is 1. The zero-order chi connectivity index (χ0) is 12.4. The molecule has 0 aliphatic carbocycles. The molecule has 0 unspecified atom stereocenters. The normalized spacial score (nSPS) is 10.0. The third-order valence-corrected chi connectivity index (χ3v) is 3.70. The summed E-state index contributed by atoms with van der Waals surface area (Å²) in [5.41, 5.74) is 5.20. The van der Waals surface area contributed by atoms with Gasteiger partial charge in [-0.05, 0) is 48.2 Å². The lowest BCUT2D eigenvalue weighted by molar-refractivity contribution is 1.36. The number of nitrogens with zero attached hydrogens (tertiary/aromatic N) is 1. The lowest BCUT2D eigenvalue weighted by Crippen LogP contribution is -1.89. The van der Waals surface area contributed by atoms with Crippen molar-refractivity contribution in [2.75, 3.05) is 0 Å². The van der Waals surface area contributed by atoms with E-state index in [4.69, 9.17) is 5.26 Å². The van der Waals surface area contributed by atoms with Gasteiger partial charge in [-0.1, -0.05) is 40.2 Å². The summed E-state index contributed by atoms with van der Waals surface area (Å²) in [4.78, 5) is 0. The molecule has 0 N–H and O–H groups in total. The van der Waals surface area contributed by atoms with Crippen molar-refractivity contribution in [1.82, 2.24) is 0 Å². The van der Waals surface area contributed by atoms with E-state index in [0.29, 0.717) is 0 Å². The van der Waals surface area contributed by atoms with Crippen molar-refractivity contribution in [3.63, 3.8) is 0 Å². The van der Waals surface area contributed by atoms with E-state index >= 15 is 0 Å². The molecule has 2 heteroatoms. The first-order valence-corrected chi connectivity index (χ1v) is 6.19. The summed E-state index contributed by atoms with van der Waals surface area (Å²) in [5, 5.41) is 9.14. The Balaban J connectivity index is 2.69. The van der Waals surface area contributed by atoms with E-state index in [0.717, 1.165) is 21.2 Å². The second kappa shape index (κ2) is 4.73. The van der Waals surface area contributed by atoms with Crippen molar-refractivity contribution >= 4 is 15.9 Å². The largest absolute Gasteiger partial charge is 0.192 e. The standard InChI is InChI=1S/C15H12BrN/c1-10-8-15(16)11(2)7-14(10)13-6-4-3-5-12(13)9-17/h3-8H,1-2H3. The molecular formula is C15H12BrN. The van der Waals surface area contributed by atoms with Gasteiger partial charge in [0.05, 0.1) is 11.6 Å². The van der Waals surface area contributed by atoms with Crippen LogP contribution in [0.15, 0.2) is 40.9 Å². The molecule has 17 heavy (non-hydrogen) atoms. The fraction of sp³-hybridized carbons (Fsp3) is 0.133. The van der Waals surface area contributed by atoms with Gasteiger partial charge in [0.1, 0.15) is 0 Å². The number of nitriles is 1. The number of aryl methyl sites for hydroxylation is 2. The molecule has 1 nitrogen and oxygen atoms in total. The van der Waals surface area contributed by atoms with E-state index in [1.165, 1.54) is 11.1 Å². The summed E-state index contributed by atoms with van der Waals surface area (Å²) >= 11 is 3.52. The molecule has 0 saturated heterocycles. The third kappa shape index (κ3) is 2.25. The van der Waals surface area contributed by atoms with Crippen molar-refractivity contribution in [3.05, 3.63) is 57.6 Å². The molecular weight excluding hydrogens is 274 g/mol. The minimum Gasteiger partial charge on any atom is -0.192 e. The Morgan fingerprint density at radius 3 is 2.41 bits per heavy atom. The highest BCUT2D eigenvalue weighted by molar-refractivity contribution is 9.10. The van der Waals surface area contributed by atoms with Gasteiger partial charge < -0.3 is 0 Å². The summed E-state index contributed by atoms with van der Waals surface area (Å²) in [5.74, 6) is 0. The Hall–Kier alpha value is -1.59. The van der Waals surface area contributed by atoms with Crippen LogP contribution >= 0.6 is 15.9 Å². The molecule has 0 fully saturated rings. The molecule has 2 aromatic rings. The summed E-state index contributed by atoms with van der Waals surface area (Å²) in [7, 11) is 0. The van der Waals surface area contributed by atoms with Gasteiger partial charge in [-0.25, -0.2) is 0 Å². The Morgan fingerprint density at radius 1 is 1.00 bits per heavy atom. The fourth-order valence-electron chi connectivity index (χ4n) is 1.89. The number of rotatable bonds is 1. The zero-order valence-electron chi connectivity index (χ0n) is 9.79. The van der Waals surface area contributed by atoms with Crippen LogP contribution in [0.5, 0.6) is 0 Å². The Kier molecular flexibility index (Phi) is 3.31. The topological polar surface area (TPSA) is 23.8 Å². The quantitative estimate of drug-likeness (QED) is 0.751. The lowest BCUT2D eigenvalue weighted by Gasteiger charge is -2.10. The van der Waals surface area contributed by atoms with E-state index < -0.39 is 0 Å². The van der Waals surface area contributed by atoms with Crippen LogP contribution in [-0.4, -0.2) is 0 Å². The average Bonchev–Trinajstić information content (AvgIpc) is 2.34. The smallest absolute Gasteiger partial charge is 0.0998 e. The first-order chi connectivity index (χ1) is 8.13. The number of benzene rings is 2. The van der Waals surface area contributed by atoms with Gasteiger partial charge >= 0.3 is 0 Å². The van der Waals surface area contributed by atoms with Gasteiger partial charge in [0.2, 0.25) is 0 Å². The highest BCUT2D eigenvalue weighted by atomic mass is 79.9. The molecule has 0 atom stereocenters. The second-order valence-electron chi connectivity index (χ2n) is 4.07. The van der Waals surface area contributed by atoms with E-state index in [1.54, 1.807) is 0 Å². The Bertz CT molecular complexity index is 609. The number of halogens is 1. The molecule has 0 bridgehead atoms. The third-order valence-electron chi connectivity index (χ3n) is 2.84. The SMILES string of the molecule is Cc1cc(-c2ccccc2C#N)c(C)cc1Br. The molecule has 2 aromatic carbocycles. The second-order valence-corrected chi connectivity index (χ2v) is 4.93. The van der Waals surface area contributed by atoms with E-state index in [2.05, 4.69) is 48.0 Å². The van der Waals surface area contributed by atoms with Crippen LogP contribution in [0.3, 0.4) is 0 Å². The van der Waals surface area contributed by atoms with Gasteiger partial charge in [0, 0.05) is 4.47 Å². The molecule has 0 amide bonds. The Morgan fingerprint density at radius 2 is 1.71 bits per heavy atom. The predicted molar refractivity (Wildman–Crippen MR) is 73.8 cm³/mol. The molecule has 84 valence electrons. The van der Waals surface area contributed by atoms with Gasteiger partial charge in [-0.2, -0.15) is 5.26 Å². The minimum atomic E-state index is 0.720. The van der Waals surface area contributed by atoms with Crippen LogP contribution in [0.25, 0.3) is 11.1 Å². The summed E-state index contributed by atoms with van der Waals surface area (Å²) in [6.45, 7) is 4.12. The summed E-state index contributed by atoms with van der Waals surface area (Å²) in [6, 6.07) is 14.2. The van der Waals surface area contributed by atoms with Crippen LogP contribution in [0.1, 0.15) is 16.7 Å². The van der Waals surface area contributed by atoms with Gasteiger partial charge in [-0.15, -0.1) is 0 Å². The maximum absolute atomic E-state index is 9.14. The average molecular weight is 286 g/mol. The summed E-state index contributed by atoms with van der Waals surface area (Å²) in [6.07, 6.45) is 0. The first kappa shape index (κ1) is 11.9. The van der Waals surface area contributed by atoms with E-state index in [1.807, 2.05) is 24.3 Å². The van der Waals surface area contributed by atoms with Gasteiger partial charge in [0.25, 0.3) is 0 Å². The van der Waals surface area contributed by atoms with Crippen molar-refractivity contribution in [2.45, 2.75) is 13.8 Å². The van der Waals surface area contributed by atoms with Crippen LogP contribution < -0.4 is 0 Å². The highest BCUT2D eigenvalue weighted by Gasteiger charge is 2.08. The molecule has 2 rings (SSSR count). The molecule has 0 spiro atoms. The molecule has 0 aliphatic heterocycles. The van der Waals surface area contributed by atoms with Crippen LogP contribution in [-0.2, 0) is 0 Å². The first-order valence-electron chi connectivity index (χ1n) is 5.39. The van der Waals surface area contributed by atoms with Gasteiger partial charge in [0.15, 0.2) is 0 Å². The molecule has 0 aromatic heterocycles. The van der Waals surface area contributed by atoms with Gasteiger partial charge in [-0.3, -0.25) is 0 Å². The van der Waals surface area contributed by atoms with Crippen LogP contribution in [0, 0.1) is 25.2 Å². The molecule has 0 heterocycles. The molecule has 0 radical (unpaired) electrons. The molecule has 0 saturated carbocycles. The number of hydrogen-bond donors (Lipinski definition) is 0. The van der Waals surface area contributed by atoms with Crippen molar-refractivity contribution in [1.29, 1.82) is 5.26 Å². The highest BCUT2D eigenvalue weighted by Crippen LogP contribution is 2.30. The molecule has 0 aliphatic rings. The Labute approximate surface area is 110 Å². The van der Waals surface area contributed by atoms with Crippen molar-refractivity contribution in [2.24, 2.45) is 0 Å². The summed E-state index contributed by atoms with van der Waals surface area (Å²) < 4.78 is 1.10. The van der Waals surface area contributed by atoms with Crippen LogP contribution in [0.2, 0.25) is 0 Å². The maximum atomic E-state index is 9.14. The van der Waals surface area contributed by atoms with Crippen molar-refractivity contribution < 1.29 is 0 Å². The predicted octanol–water partition coefficient (Wildman–Crippen LogP) is 4.60. The fourth-order valence-corrected chi connectivity index (χ4v) is 2.34. The minimum absolute atomic E-state index is 0.720. The lowest BCUT2D eigenvalue weighted by atomic mass is 9.95. The zero-order valence-corrected chi connectivity index (χ0v) is 11.4. The van der Waals surface area contributed by atoms with E-state index in [-0.39, 0.29) is 0 Å². The van der Waals surface area contributed by atoms with Crippen LogP contribution in [0.4, 0.5) is 0 Å². The maximum Gasteiger partial charge on any atom is 0.0998 e.